The Bertz CT molecular complexity index is 341. The maximum absolute atomic E-state index is 8.85. The van der Waals surface area contributed by atoms with E-state index in [1.165, 1.54) is 17.8 Å². The molecule has 0 aliphatic carbocycles. The van der Waals surface area contributed by atoms with E-state index in [1.54, 1.807) is 0 Å². The molecule has 62 valence electrons. The molecule has 0 saturated carbocycles. The standard InChI is InChI=1S/C10H12N2/c1-2-9-6-8(7-11)10-4-3-5-12(9)10/h6H,2-5H2,1H3. The number of hydrogen-bond donors (Lipinski definition) is 0. The normalized spacial score (nSPS) is 14.3. The Hall–Kier alpha value is -1.23. The molecule has 0 radical (unpaired) electrons. The van der Waals surface area contributed by atoms with Crippen molar-refractivity contribution in [1.82, 2.24) is 4.57 Å². The van der Waals surface area contributed by atoms with Crippen molar-refractivity contribution in [3.05, 3.63) is 23.0 Å². The molecule has 0 fully saturated rings. The molecule has 0 bridgehead atoms. The Labute approximate surface area is 72.4 Å². The van der Waals surface area contributed by atoms with Gasteiger partial charge in [0.25, 0.3) is 0 Å². The van der Waals surface area contributed by atoms with E-state index in [9.17, 15) is 0 Å². The molecule has 0 saturated heterocycles. The Morgan fingerprint density at radius 3 is 3.17 bits per heavy atom. The van der Waals surface area contributed by atoms with E-state index in [-0.39, 0.29) is 0 Å². The summed E-state index contributed by atoms with van der Waals surface area (Å²) in [6, 6.07) is 4.30. The molecule has 0 aromatic carbocycles. The van der Waals surface area contributed by atoms with Crippen LogP contribution in [0.25, 0.3) is 0 Å². The summed E-state index contributed by atoms with van der Waals surface area (Å²) in [6.07, 6.45) is 3.33. The van der Waals surface area contributed by atoms with Gasteiger partial charge in [-0.05, 0) is 25.3 Å². The summed E-state index contributed by atoms with van der Waals surface area (Å²) in [5, 5.41) is 8.85. The van der Waals surface area contributed by atoms with Crippen LogP contribution in [0.1, 0.15) is 30.3 Å². The predicted molar refractivity (Wildman–Crippen MR) is 46.8 cm³/mol. The van der Waals surface area contributed by atoms with Gasteiger partial charge in [-0.25, -0.2) is 0 Å². The van der Waals surface area contributed by atoms with Gasteiger partial charge < -0.3 is 4.57 Å². The van der Waals surface area contributed by atoms with Crippen molar-refractivity contribution >= 4 is 0 Å². The van der Waals surface area contributed by atoms with Crippen molar-refractivity contribution in [2.24, 2.45) is 0 Å². The Morgan fingerprint density at radius 2 is 2.50 bits per heavy atom. The summed E-state index contributed by atoms with van der Waals surface area (Å²) in [4.78, 5) is 0. The zero-order chi connectivity index (χ0) is 8.55. The second-order valence-corrected chi connectivity index (χ2v) is 3.22. The van der Waals surface area contributed by atoms with Crippen LogP contribution < -0.4 is 0 Å². The largest absolute Gasteiger partial charge is 0.347 e. The topological polar surface area (TPSA) is 28.7 Å². The lowest BCUT2D eigenvalue weighted by Crippen LogP contribution is -1.97. The zero-order valence-corrected chi connectivity index (χ0v) is 7.30. The van der Waals surface area contributed by atoms with Crippen LogP contribution in [0.5, 0.6) is 0 Å². The summed E-state index contributed by atoms with van der Waals surface area (Å²) in [5.41, 5.74) is 3.47. The highest BCUT2D eigenvalue weighted by molar-refractivity contribution is 5.39. The Kier molecular flexibility index (Phi) is 1.65. The summed E-state index contributed by atoms with van der Waals surface area (Å²) in [7, 11) is 0. The summed E-state index contributed by atoms with van der Waals surface area (Å²) in [5.74, 6) is 0. The van der Waals surface area contributed by atoms with Crippen molar-refractivity contribution in [3.63, 3.8) is 0 Å². The first-order valence-corrected chi connectivity index (χ1v) is 4.48. The van der Waals surface area contributed by atoms with Gasteiger partial charge in [-0.1, -0.05) is 6.92 Å². The zero-order valence-electron chi connectivity index (χ0n) is 7.30. The molecular formula is C10H12N2. The molecule has 0 spiro atoms. The van der Waals surface area contributed by atoms with Gasteiger partial charge in [0.2, 0.25) is 0 Å². The molecule has 2 rings (SSSR count). The van der Waals surface area contributed by atoms with E-state index in [0.717, 1.165) is 24.9 Å². The fourth-order valence-electron chi connectivity index (χ4n) is 1.99. The number of fused-ring (bicyclic) bond motifs is 1. The summed E-state index contributed by atoms with van der Waals surface area (Å²) in [6.45, 7) is 3.25. The lowest BCUT2D eigenvalue weighted by Gasteiger charge is -2.01. The second-order valence-electron chi connectivity index (χ2n) is 3.22. The highest BCUT2D eigenvalue weighted by atomic mass is 15.0. The van der Waals surface area contributed by atoms with Gasteiger partial charge in [0.05, 0.1) is 5.56 Å². The van der Waals surface area contributed by atoms with Crippen LogP contribution in [-0.2, 0) is 19.4 Å². The minimum atomic E-state index is 0.893. The smallest absolute Gasteiger partial charge is 0.101 e. The summed E-state index contributed by atoms with van der Waals surface area (Å²) < 4.78 is 2.30. The van der Waals surface area contributed by atoms with Crippen LogP contribution in [0.4, 0.5) is 0 Å². The van der Waals surface area contributed by atoms with Gasteiger partial charge in [-0.15, -0.1) is 0 Å². The van der Waals surface area contributed by atoms with Crippen molar-refractivity contribution in [2.75, 3.05) is 0 Å². The Balaban J connectivity index is 2.56. The number of nitrogens with zero attached hydrogens (tertiary/aromatic N) is 2. The fraction of sp³-hybridized carbons (Fsp3) is 0.500. The first-order chi connectivity index (χ1) is 5.86. The molecule has 2 nitrogen and oxygen atoms in total. The molecule has 2 heterocycles. The van der Waals surface area contributed by atoms with Crippen LogP contribution in [0.3, 0.4) is 0 Å². The molecule has 0 N–H and O–H groups in total. The van der Waals surface area contributed by atoms with Crippen LogP contribution in [0.15, 0.2) is 6.07 Å². The number of aryl methyl sites for hydroxylation is 1. The minimum absolute atomic E-state index is 0.893. The van der Waals surface area contributed by atoms with Gasteiger partial charge in [0.15, 0.2) is 0 Å². The highest BCUT2D eigenvalue weighted by Gasteiger charge is 2.17. The minimum Gasteiger partial charge on any atom is -0.347 e. The molecule has 2 heteroatoms. The third-order valence-electron chi connectivity index (χ3n) is 2.57. The van der Waals surface area contributed by atoms with Gasteiger partial charge >= 0.3 is 0 Å². The van der Waals surface area contributed by atoms with Crippen LogP contribution in [-0.4, -0.2) is 4.57 Å². The molecule has 1 aliphatic rings. The maximum atomic E-state index is 8.85. The quantitative estimate of drug-likeness (QED) is 0.616. The monoisotopic (exact) mass is 160 g/mol. The summed E-state index contributed by atoms with van der Waals surface area (Å²) >= 11 is 0. The molecule has 1 aliphatic heterocycles. The molecule has 12 heavy (non-hydrogen) atoms. The van der Waals surface area contributed by atoms with E-state index in [0.29, 0.717) is 0 Å². The lowest BCUT2D eigenvalue weighted by atomic mass is 10.2. The van der Waals surface area contributed by atoms with Crippen LogP contribution in [0.2, 0.25) is 0 Å². The van der Waals surface area contributed by atoms with E-state index in [1.807, 2.05) is 6.07 Å². The number of rotatable bonds is 1. The van der Waals surface area contributed by atoms with Crippen molar-refractivity contribution < 1.29 is 0 Å². The first-order valence-electron chi connectivity index (χ1n) is 4.48. The van der Waals surface area contributed by atoms with E-state index >= 15 is 0 Å². The average Bonchev–Trinajstić information content (AvgIpc) is 2.63. The second kappa shape index (κ2) is 2.67. The third-order valence-corrected chi connectivity index (χ3v) is 2.57. The Morgan fingerprint density at radius 1 is 1.67 bits per heavy atom. The molecule has 1 aromatic rings. The van der Waals surface area contributed by atoms with E-state index < -0.39 is 0 Å². The average molecular weight is 160 g/mol. The predicted octanol–water partition coefficient (Wildman–Crippen LogP) is 1.87. The van der Waals surface area contributed by atoms with Crippen molar-refractivity contribution in [1.29, 1.82) is 5.26 Å². The van der Waals surface area contributed by atoms with Gasteiger partial charge in [0.1, 0.15) is 6.07 Å². The maximum Gasteiger partial charge on any atom is 0.101 e. The van der Waals surface area contributed by atoms with Crippen LogP contribution in [0, 0.1) is 11.3 Å². The van der Waals surface area contributed by atoms with E-state index in [2.05, 4.69) is 17.6 Å². The molecular weight excluding hydrogens is 148 g/mol. The third kappa shape index (κ3) is 0.863. The SMILES string of the molecule is CCc1cc(C#N)c2n1CCC2. The van der Waals surface area contributed by atoms with Crippen molar-refractivity contribution in [3.8, 4) is 6.07 Å². The van der Waals surface area contributed by atoms with Gasteiger partial charge in [-0.2, -0.15) is 5.26 Å². The van der Waals surface area contributed by atoms with E-state index in [4.69, 9.17) is 5.26 Å². The number of nitriles is 1. The number of aromatic nitrogens is 1. The fourth-order valence-corrected chi connectivity index (χ4v) is 1.99. The first kappa shape index (κ1) is 7.42. The van der Waals surface area contributed by atoms with Gasteiger partial charge in [-0.3, -0.25) is 0 Å². The highest BCUT2D eigenvalue weighted by Crippen LogP contribution is 2.23. The van der Waals surface area contributed by atoms with Crippen LogP contribution >= 0.6 is 0 Å². The molecule has 0 atom stereocenters. The lowest BCUT2D eigenvalue weighted by molar-refractivity contribution is 0.712. The molecule has 0 unspecified atom stereocenters. The van der Waals surface area contributed by atoms with Gasteiger partial charge in [0, 0.05) is 17.9 Å². The molecule has 0 amide bonds. The number of hydrogen-bond acceptors (Lipinski definition) is 1. The molecule has 1 aromatic heterocycles. The van der Waals surface area contributed by atoms with Crippen molar-refractivity contribution in [2.45, 2.75) is 32.7 Å².